The summed E-state index contributed by atoms with van der Waals surface area (Å²) in [5.41, 5.74) is 2.39. The third-order valence-electron chi connectivity index (χ3n) is 4.24. The van der Waals surface area contributed by atoms with Gasteiger partial charge in [-0.2, -0.15) is 0 Å². The van der Waals surface area contributed by atoms with Crippen LogP contribution in [0.5, 0.6) is 0 Å². The summed E-state index contributed by atoms with van der Waals surface area (Å²) in [5, 5.41) is 3.11. The molecule has 0 bridgehead atoms. The molecule has 1 aromatic rings. The van der Waals surface area contributed by atoms with Crippen molar-refractivity contribution in [3.63, 3.8) is 0 Å². The molecule has 0 aromatic carbocycles. The number of nitrogens with zero attached hydrogens (tertiary/aromatic N) is 2. The number of hydrogen-bond donors (Lipinski definition) is 1. The molecule has 0 spiro atoms. The lowest BCUT2D eigenvalue weighted by molar-refractivity contribution is -0.119. The average Bonchev–Trinajstić information content (AvgIpc) is 2.81. The van der Waals surface area contributed by atoms with Crippen LogP contribution in [0.1, 0.15) is 44.9 Å². The van der Waals surface area contributed by atoms with Gasteiger partial charge in [0.05, 0.1) is 5.69 Å². The zero-order chi connectivity index (χ0) is 15.2. The molecule has 4 nitrogen and oxygen atoms in total. The SMILES string of the molecule is CCC[C@@H]1CN(Cc2ccc(CC)cn2)C[C@H]1NC(C)=O. The van der Waals surface area contributed by atoms with E-state index in [2.05, 4.69) is 41.2 Å². The Morgan fingerprint density at radius 1 is 1.38 bits per heavy atom. The number of nitrogens with one attached hydrogen (secondary N) is 1. The summed E-state index contributed by atoms with van der Waals surface area (Å²) in [4.78, 5) is 18.3. The number of pyridine rings is 1. The molecule has 0 radical (unpaired) electrons. The van der Waals surface area contributed by atoms with Crippen molar-refractivity contribution in [2.75, 3.05) is 13.1 Å². The van der Waals surface area contributed by atoms with Crippen molar-refractivity contribution < 1.29 is 4.79 Å². The lowest BCUT2D eigenvalue weighted by atomic mass is 9.98. The van der Waals surface area contributed by atoms with Crippen LogP contribution in [0.4, 0.5) is 0 Å². The maximum Gasteiger partial charge on any atom is 0.217 e. The van der Waals surface area contributed by atoms with E-state index in [0.717, 1.165) is 38.2 Å². The van der Waals surface area contributed by atoms with Crippen molar-refractivity contribution in [3.8, 4) is 0 Å². The quantitative estimate of drug-likeness (QED) is 0.874. The van der Waals surface area contributed by atoms with E-state index in [-0.39, 0.29) is 11.9 Å². The van der Waals surface area contributed by atoms with Crippen molar-refractivity contribution in [1.29, 1.82) is 0 Å². The van der Waals surface area contributed by atoms with Crippen LogP contribution in [-0.2, 0) is 17.8 Å². The second-order valence-corrected chi connectivity index (χ2v) is 6.06. The van der Waals surface area contributed by atoms with Crippen LogP contribution in [0.2, 0.25) is 0 Å². The maximum absolute atomic E-state index is 11.3. The monoisotopic (exact) mass is 289 g/mol. The minimum atomic E-state index is 0.0772. The van der Waals surface area contributed by atoms with Crippen molar-refractivity contribution in [1.82, 2.24) is 15.2 Å². The fourth-order valence-electron chi connectivity index (χ4n) is 3.16. The Labute approximate surface area is 127 Å². The van der Waals surface area contributed by atoms with E-state index in [0.29, 0.717) is 5.92 Å². The first-order valence-electron chi connectivity index (χ1n) is 8.05. The molecule has 4 heteroatoms. The van der Waals surface area contributed by atoms with Crippen molar-refractivity contribution in [2.45, 2.75) is 52.6 Å². The van der Waals surface area contributed by atoms with Gasteiger partial charge in [-0.15, -0.1) is 0 Å². The van der Waals surface area contributed by atoms with Gasteiger partial charge in [-0.1, -0.05) is 26.3 Å². The molecule has 2 atom stereocenters. The van der Waals surface area contributed by atoms with Crippen molar-refractivity contribution in [2.24, 2.45) is 5.92 Å². The second-order valence-electron chi connectivity index (χ2n) is 6.06. The minimum Gasteiger partial charge on any atom is -0.352 e. The topological polar surface area (TPSA) is 45.2 Å². The fourth-order valence-corrected chi connectivity index (χ4v) is 3.16. The van der Waals surface area contributed by atoms with E-state index in [1.54, 1.807) is 6.92 Å². The number of aromatic nitrogens is 1. The predicted octanol–water partition coefficient (Wildman–Crippen LogP) is 2.38. The summed E-state index contributed by atoms with van der Waals surface area (Å²) in [5.74, 6) is 0.641. The largest absolute Gasteiger partial charge is 0.352 e. The van der Waals surface area contributed by atoms with Crippen LogP contribution in [0.25, 0.3) is 0 Å². The number of hydrogen-bond acceptors (Lipinski definition) is 3. The highest BCUT2D eigenvalue weighted by Gasteiger charge is 2.32. The van der Waals surface area contributed by atoms with Gasteiger partial charge in [-0.25, -0.2) is 0 Å². The number of rotatable bonds is 6. The van der Waals surface area contributed by atoms with E-state index < -0.39 is 0 Å². The van der Waals surface area contributed by atoms with Gasteiger partial charge in [-0.3, -0.25) is 14.7 Å². The zero-order valence-corrected chi connectivity index (χ0v) is 13.4. The third-order valence-corrected chi connectivity index (χ3v) is 4.24. The Bertz CT molecular complexity index is 458. The number of carbonyl (C=O) groups is 1. The van der Waals surface area contributed by atoms with E-state index in [1.807, 2.05) is 6.20 Å². The van der Waals surface area contributed by atoms with Gasteiger partial charge in [0.2, 0.25) is 5.91 Å². The highest BCUT2D eigenvalue weighted by atomic mass is 16.1. The molecule has 1 saturated heterocycles. The van der Waals surface area contributed by atoms with Gasteiger partial charge in [0, 0.05) is 38.8 Å². The summed E-state index contributed by atoms with van der Waals surface area (Å²) in [6.45, 7) is 8.82. The molecule has 2 rings (SSSR count). The summed E-state index contributed by atoms with van der Waals surface area (Å²) in [6.07, 6.45) is 5.34. The molecule has 1 amide bonds. The fraction of sp³-hybridized carbons (Fsp3) is 0.647. The van der Waals surface area contributed by atoms with Crippen molar-refractivity contribution >= 4 is 5.91 Å². The third kappa shape index (κ3) is 4.53. The highest BCUT2D eigenvalue weighted by molar-refractivity contribution is 5.73. The lowest BCUT2D eigenvalue weighted by Gasteiger charge is -2.18. The number of aryl methyl sites for hydroxylation is 1. The van der Waals surface area contributed by atoms with Gasteiger partial charge in [0.15, 0.2) is 0 Å². The van der Waals surface area contributed by atoms with E-state index in [9.17, 15) is 4.79 Å². The van der Waals surface area contributed by atoms with E-state index in [4.69, 9.17) is 0 Å². The van der Waals surface area contributed by atoms with Crippen LogP contribution >= 0.6 is 0 Å². The van der Waals surface area contributed by atoms with Gasteiger partial charge in [0.1, 0.15) is 0 Å². The first-order valence-corrected chi connectivity index (χ1v) is 8.05. The molecule has 0 aliphatic carbocycles. The van der Waals surface area contributed by atoms with Gasteiger partial charge >= 0.3 is 0 Å². The highest BCUT2D eigenvalue weighted by Crippen LogP contribution is 2.23. The summed E-state index contributed by atoms with van der Waals surface area (Å²) < 4.78 is 0. The van der Waals surface area contributed by atoms with Crippen LogP contribution < -0.4 is 5.32 Å². The molecule has 0 unspecified atom stereocenters. The second kappa shape index (κ2) is 7.55. The molecule has 2 heterocycles. The normalized spacial score (nSPS) is 22.4. The molecule has 21 heavy (non-hydrogen) atoms. The van der Waals surface area contributed by atoms with E-state index >= 15 is 0 Å². The zero-order valence-electron chi connectivity index (χ0n) is 13.4. The Morgan fingerprint density at radius 3 is 2.76 bits per heavy atom. The van der Waals surface area contributed by atoms with Gasteiger partial charge < -0.3 is 5.32 Å². The molecule has 1 aliphatic rings. The van der Waals surface area contributed by atoms with Crippen LogP contribution in [0.3, 0.4) is 0 Å². The first kappa shape index (κ1) is 16.0. The van der Waals surface area contributed by atoms with Crippen molar-refractivity contribution in [3.05, 3.63) is 29.6 Å². The Kier molecular flexibility index (Phi) is 5.74. The number of carbonyl (C=O) groups excluding carboxylic acids is 1. The first-order chi connectivity index (χ1) is 10.1. The molecule has 116 valence electrons. The van der Waals surface area contributed by atoms with Gasteiger partial charge in [0.25, 0.3) is 0 Å². The number of likely N-dealkylation sites (tertiary alicyclic amines) is 1. The van der Waals surface area contributed by atoms with Gasteiger partial charge in [-0.05, 0) is 30.4 Å². The molecule has 1 aromatic heterocycles. The standard InChI is InChI=1S/C17H27N3O/c1-4-6-15-10-20(12-17(15)19-13(3)21)11-16-8-7-14(5-2)9-18-16/h7-9,15,17H,4-6,10-12H2,1-3H3,(H,19,21)/t15-,17-/m1/s1. The van der Waals surface area contributed by atoms with Crippen LogP contribution in [0.15, 0.2) is 18.3 Å². The Balaban J connectivity index is 1.95. The Morgan fingerprint density at radius 2 is 2.19 bits per heavy atom. The Hall–Kier alpha value is -1.42. The summed E-state index contributed by atoms with van der Waals surface area (Å²) in [6, 6.07) is 4.57. The molecular formula is C17H27N3O. The smallest absolute Gasteiger partial charge is 0.217 e. The number of amides is 1. The molecule has 1 N–H and O–H groups in total. The average molecular weight is 289 g/mol. The molecule has 1 aliphatic heterocycles. The minimum absolute atomic E-state index is 0.0772. The lowest BCUT2D eigenvalue weighted by Crippen LogP contribution is -2.39. The molecule has 0 saturated carbocycles. The molecular weight excluding hydrogens is 262 g/mol. The summed E-state index contributed by atoms with van der Waals surface area (Å²) in [7, 11) is 0. The van der Waals surface area contributed by atoms with Crippen LogP contribution in [0, 0.1) is 5.92 Å². The predicted molar refractivity (Wildman–Crippen MR) is 84.9 cm³/mol. The van der Waals surface area contributed by atoms with E-state index in [1.165, 1.54) is 12.0 Å². The molecule has 1 fully saturated rings. The summed E-state index contributed by atoms with van der Waals surface area (Å²) >= 11 is 0. The van der Waals surface area contributed by atoms with Crippen LogP contribution in [-0.4, -0.2) is 34.9 Å². The maximum atomic E-state index is 11.3.